The molecule has 1 aromatic carbocycles. The predicted molar refractivity (Wildman–Crippen MR) is 68.5 cm³/mol. The van der Waals surface area contributed by atoms with Gasteiger partial charge in [0.2, 0.25) is 0 Å². The molecule has 0 bridgehead atoms. The van der Waals surface area contributed by atoms with Crippen molar-refractivity contribution >= 4 is 5.78 Å². The van der Waals surface area contributed by atoms with E-state index in [2.05, 4.69) is 6.92 Å². The Labute approximate surface area is 107 Å². The molecule has 0 spiro atoms. The SMILES string of the molecule is CC(=O)c1ccc(OC2CCCC(C)C2)c(F)c1. The first-order valence-electron chi connectivity index (χ1n) is 6.53. The van der Waals surface area contributed by atoms with Crippen LogP contribution in [-0.2, 0) is 0 Å². The van der Waals surface area contributed by atoms with Gasteiger partial charge in [0.1, 0.15) is 0 Å². The van der Waals surface area contributed by atoms with Gasteiger partial charge in [0.15, 0.2) is 17.3 Å². The van der Waals surface area contributed by atoms with E-state index in [-0.39, 0.29) is 17.6 Å². The van der Waals surface area contributed by atoms with E-state index in [0.717, 1.165) is 19.3 Å². The Kier molecular flexibility index (Phi) is 4.00. The minimum atomic E-state index is -0.444. The minimum Gasteiger partial charge on any atom is -0.487 e. The van der Waals surface area contributed by atoms with Crippen molar-refractivity contribution in [1.82, 2.24) is 0 Å². The summed E-state index contributed by atoms with van der Waals surface area (Å²) in [5, 5.41) is 0. The maximum atomic E-state index is 13.8. The Bertz CT molecular complexity index is 442. The Morgan fingerprint density at radius 2 is 2.17 bits per heavy atom. The first-order chi connectivity index (χ1) is 8.56. The van der Waals surface area contributed by atoms with Gasteiger partial charge in [0.25, 0.3) is 0 Å². The zero-order chi connectivity index (χ0) is 13.1. The van der Waals surface area contributed by atoms with Crippen molar-refractivity contribution in [1.29, 1.82) is 0 Å². The number of ether oxygens (including phenoxy) is 1. The number of ketones is 1. The van der Waals surface area contributed by atoms with E-state index in [1.165, 1.54) is 19.4 Å². The van der Waals surface area contributed by atoms with Crippen LogP contribution in [-0.4, -0.2) is 11.9 Å². The second-order valence-corrected chi connectivity index (χ2v) is 5.21. The lowest BCUT2D eigenvalue weighted by atomic mass is 9.89. The van der Waals surface area contributed by atoms with Gasteiger partial charge in [-0.25, -0.2) is 4.39 Å². The predicted octanol–water partition coefficient (Wildman–Crippen LogP) is 3.99. The van der Waals surface area contributed by atoms with Crippen molar-refractivity contribution in [2.75, 3.05) is 0 Å². The summed E-state index contributed by atoms with van der Waals surface area (Å²) in [4.78, 5) is 11.1. The molecule has 0 aromatic heterocycles. The van der Waals surface area contributed by atoms with Gasteiger partial charge >= 0.3 is 0 Å². The fourth-order valence-electron chi connectivity index (χ4n) is 2.48. The molecule has 1 aliphatic carbocycles. The minimum absolute atomic E-state index is 0.103. The molecule has 2 rings (SSSR count). The van der Waals surface area contributed by atoms with Crippen LogP contribution in [0.4, 0.5) is 4.39 Å². The Morgan fingerprint density at radius 3 is 2.78 bits per heavy atom. The Hall–Kier alpha value is -1.38. The molecule has 2 atom stereocenters. The van der Waals surface area contributed by atoms with Gasteiger partial charge in [-0.15, -0.1) is 0 Å². The normalized spacial score (nSPS) is 23.7. The molecule has 1 aromatic rings. The monoisotopic (exact) mass is 250 g/mol. The second kappa shape index (κ2) is 5.51. The van der Waals surface area contributed by atoms with Gasteiger partial charge in [0.05, 0.1) is 6.10 Å². The van der Waals surface area contributed by atoms with Gasteiger partial charge in [-0.05, 0) is 50.3 Å². The molecular formula is C15H19FO2. The van der Waals surface area contributed by atoms with E-state index in [9.17, 15) is 9.18 Å². The molecule has 1 fully saturated rings. The van der Waals surface area contributed by atoms with Gasteiger partial charge in [-0.2, -0.15) is 0 Å². The largest absolute Gasteiger partial charge is 0.487 e. The molecule has 0 radical (unpaired) electrons. The van der Waals surface area contributed by atoms with Crippen LogP contribution in [0, 0.1) is 11.7 Å². The third kappa shape index (κ3) is 3.09. The third-order valence-electron chi connectivity index (χ3n) is 3.52. The number of carbonyl (C=O) groups excluding carboxylic acids is 1. The fourth-order valence-corrected chi connectivity index (χ4v) is 2.48. The molecule has 0 N–H and O–H groups in total. The third-order valence-corrected chi connectivity index (χ3v) is 3.52. The Morgan fingerprint density at radius 1 is 1.39 bits per heavy atom. The van der Waals surface area contributed by atoms with Crippen molar-refractivity contribution < 1.29 is 13.9 Å². The molecule has 0 aliphatic heterocycles. The van der Waals surface area contributed by atoms with Crippen molar-refractivity contribution in [3.63, 3.8) is 0 Å². The first kappa shape index (κ1) is 13.1. The number of Topliss-reactive ketones (excluding diaryl/α,β-unsaturated/α-hetero) is 1. The maximum Gasteiger partial charge on any atom is 0.165 e. The number of halogens is 1. The van der Waals surface area contributed by atoms with Gasteiger partial charge in [0, 0.05) is 5.56 Å². The van der Waals surface area contributed by atoms with Crippen LogP contribution in [0.1, 0.15) is 49.9 Å². The molecule has 3 heteroatoms. The van der Waals surface area contributed by atoms with E-state index in [1.54, 1.807) is 12.1 Å². The summed E-state index contributed by atoms with van der Waals surface area (Å²) in [6.45, 7) is 3.63. The summed E-state index contributed by atoms with van der Waals surface area (Å²) in [6.07, 6.45) is 4.43. The average Bonchev–Trinajstić information content (AvgIpc) is 2.31. The zero-order valence-corrected chi connectivity index (χ0v) is 10.9. The number of benzene rings is 1. The smallest absolute Gasteiger partial charge is 0.165 e. The summed E-state index contributed by atoms with van der Waals surface area (Å²) in [5.74, 6) is 0.329. The van der Waals surface area contributed by atoms with Crippen molar-refractivity contribution in [2.45, 2.75) is 45.6 Å². The molecule has 0 heterocycles. The van der Waals surface area contributed by atoms with Gasteiger partial charge in [-0.3, -0.25) is 4.79 Å². The summed E-state index contributed by atoms with van der Waals surface area (Å²) in [6, 6.07) is 4.43. The highest BCUT2D eigenvalue weighted by atomic mass is 19.1. The lowest BCUT2D eigenvalue weighted by molar-refractivity contribution is 0.101. The van der Waals surface area contributed by atoms with E-state index in [0.29, 0.717) is 11.5 Å². The van der Waals surface area contributed by atoms with Crippen molar-refractivity contribution in [3.8, 4) is 5.75 Å². The van der Waals surface area contributed by atoms with Crippen LogP contribution in [0.15, 0.2) is 18.2 Å². The summed E-state index contributed by atoms with van der Waals surface area (Å²) in [7, 11) is 0. The quantitative estimate of drug-likeness (QED) is 0.758. The summed E-state index contributed by atoms with van der Waals surface area (Å²) in [5.41, 5.74) is 0.386. The number of carbonyl (C=O) groups is 1. The molecular weight excluding hydrogens is 231 g/mol. The maximum absolute atomic E-state index is 13.8. The molecule has 0 amide bonds. The fraction of sp³-hybridized carbons (Fsp3) is 0.533. The lowest BCUT2D eigenvalue weighted by Gasteiger charge is -2.27. The molecule has 18 heavy (non-hydrogen) atoms. The molecule has 2 unspecified atom stereocenters. The van der Waals surface area contributed by atoms with Crippen LogP contribution < -0.4 is 4.74 Å². The highest BCUT2D eigenvalue weighted by molar-refractivity contribution is 5.94. The van der Waals surface area contributed by atoms with Crippen LogP contribution in [0.5, 0.6) is 5.75 Å². The van der Waals surface area contributed by atoms with Gasteiger partial charge < -0.3 is 4.74 Å². The molecule has 1 saturated carbocycles. The number of hydrogen-bond donors (Lipinski definition) is 0. The first-order valence-corrected chi connectivity index (χ1v) is 6.53. The molecule has 98 valence electrons. The van der Waals surface area contributed by atoms with Crippen LogP contribution in [0.3, 0.4) is 0 Å². The lowest BCUT2D eigenvalue weighted by Crippen LogP contribution is -2.24. The Balaban J connectivity index is 2.07. The molecule has 0 saturated heterocycles. The summed E-state index contributed by atoms with van der Waals surface area (Å²) < 4.78 is 19.5. The van der Waals surface area contributed by atoms with E-state index < -0.39 is 5.82 Å². The van der Waals surface area contributed by atoms with Crippen LogP contribution in [0.2, 0.25) is 0 Å². The molecule has 2 nitrogen and oxygen atoms in total. The summed E-state index contributed by atoms with van der Waals surface area (Å²) >= 11 is 0. The average molecular weight is 250 g/mol. The standard InChI is InChI=1S/C15H19FO2/c1-10-4-3-5-13(8-10)18-15-7-6-12(11(2)17)9-14(15)16/h6-7,9-10,13H,3-5,8H2,1-2H3. The van der Waals surface area contributed by atoms with E-state index in [1.807, 2.05) is 0 Å². The highest BCUT2D eigenvalue weighted by Crippen LogP contribution is 2.28. The van der Waals surface area contributed by atoms with Gasteiger partial charge in [-0.1, -0.05) is 13.3 Å². The number of rotatable bonds is 3. The van der Waals surface area contributed by atoms with Crippen LogP contribution in [0.25, 0.3) is 0 Å². The van der Waals surface area contributed by atoms with Crippen molar-refractivity contribution in [3.05, 3.63) is 29.6 Å². The van der Waals surface area contributed by atoms with E-state index >= 15 is 0 Å². The van der Waals surface area contributed by atoms with E-state index in [4.69, 9.17) is 4.74 Å². The molecule has 1 aliphatic rings. The topological polar surface area (TPSA) is 26.3 Å². The zero-order valence-electron chi connectivity index (χ0n) is 10.9. The second-order valence-electron chi connectivity index (χ2n) is 5.21. The van der Waals surface area contributed by atoms with Crippen LogP contribution >= 0.6 is 0 Å². The highest BCUT2D eigenvalue weighted by Gasteiger charge is 2.21. The van der Waals surface area contributed by atoms with Crippen molar-refractivity contribution in [2.24, 2.45) is 5.92 Å². The number of hydrogen-bond acceptors (Lipinski definition) is 2.